The molecule has 1 aromatic carbocycles. The van der Waals surface area contributed by atoms with Crippen molar-refractivity contribution in [3.8, 4) is 5.00 Å². The molecule has 0 saturated carbocycles. The zero-order valence-corrected chi connectivity index (χ0v) is 20.1. The SMILES string of the molecule is Cc1nnc2n1-c1sc3c(c1C(c1ccccc1Cl)=NC2)CCN(C(=O)NC(C)(C)C)C3. The zero-order chi connectivity index (χ0) is 22.6. The lowest BCUT2D eigenvalue weighted by Crippen LogP contribution is -2.49. The van der Waals surface area contributed by atoms with E-state index in [1.165, 1.54) is 10.4 Å². The predicted molar refractivity (Wildman–Crippen MR) is 127 cm³/mol. The molecule has 0 aliphatic carbocycles. The number of amides is 2. The van der Waals surface area contributed by atoms with E-state index in [9.17, 15) is 4.79 Å². The first kappa shape index (κ1) is 21.2. The summed E-state index contributed by atoms with van der Waals surface area (Å²) in [4.78, 5) is 20.8. The van der Waals surface area contributed by atoms with E-state index in [-0.39, 0.29) is 11.6 Å². The van der Waals surface area contributed by atoms with Crippen LogP contribution in [0.3, 0.4) is 0 Å². The molecule has 9 heteroatoms. The van der Waals surface area contributed by atoms with Crippen molar-refractivity contribution in [3.63, 3.8) is 0 Å². The molecule has 0 fully saturated rings. The van der Waals surface area contributed by atoms with Crippen molar-refractivity contribution in [2.75, 3.05) is 6.54 Å². The monoisotopic (exact) mass is 468 g/mol. The fourth-order valence-electron chi connectivity index (χ4n) is 4.24. The molecule has 32 heavy (non-hydrogen) atoms. The highest BCUT2D eigenvalue weighted by Gasteiger charge is 2.33. The van der Waals surface area contributed by atoms with Gasteiger partial charge in [0.1, 0.15) is 17.4 Å². The highest BCUT2D eigenvalue weighted by Crippen LogP contribution is 2.40. The van der Waals surface area contributed by atoms with Crippen LogP contribution in [0.4, 0.5) is 4.79 Å². The smallest absolute Gasteiger partial charge is 0.318 e. The summed E-state index contributed by atoms with van der Waals surface area (Å²) >= 11 is 8.29. The summed E-state index contributed by atoms with van der Waals surface area (Å²) in [7, 11) is 0. The van der Waals surface area contributed by atoms with E-state index in [0.29, 0.717) is 24.7 Å². The Morgan fingerprint density at radius 3 is 2.75 bits per heavy atom. The van der Waals surface area contributed by atoms with E-state index >= 15 is 0 Å². The van der Waals surface area contributed by atoms with Gasteiger partial charge in [-0.2, -0.15) is 0 Å². The second kappa shape index (κ2) is 7.71. The summed E-state index contributed by atoms with van der Waals surface area (Å²) in [5, 5.41) is 13.5. The fraction of sp³-hybridized carbons (Fsp3) is 0.391. The number of aryl methyl sites for hydroxylation is 1. The molecular weight excluding hydrogens is 444 g/mol. The average Bonchev–Trinajstić information content (AvgIpc) is 3.23. The number of urea groups is 1. The van der Waals surface area contributed by atoms with Crippen LogP contribution in [0.2, 0.25) is 5.02 Å². The minimum atomic E-state index is -0.275. The molecule has 0 saturated heterocycles. The number of aliphatic imine (C=N–C) groups is 1. The molecule has 1 N–H and O–H groups in total. The number of aromatic nitrogens is 3. The number of carbonyl (C=O) groups is 1. The van der Waals surface area contributed by atoms with Gasteiger partial charge in [0.05, 0.1) is 12.3 Å². The highest BCUT2D eigenvalue weighted by molar-refractivity contribution is 7.15. The Morgan fingerprint density at radius 1 is 1.22 bits per heavy atom. The number of fused-ring (bicyclic) bond motifs is 5. The predicted octanol–water partition coefficient (Wildman–Crippen LogP) is 4.51. The molecule has 0 radical (unpaired) electrons. The zero-order valence-electron chi connectivity index (χ0n) is 18.6. The number of carbonyl (C=O) groups excluding carboxylic acids is 1. The van der Waals surface area contributed by atoms with Crippen LogP contribution in [0.25, 0.3) is 5.00 Å². The number of hydrogen-bond donors (Lipinski definition) is 1. The first-order valence-electron chi connectivity index (χ1n) is 10.7. The fourth-order valence-corrected chi connectivity index (χ4v) is 5.90. The van der Waals surface area contributed by atoms with E-state index in [1.807, 2.05) is 56.9 Å². The van der Waals surface area contributed by atoms with Crippen LogP contribution >= 0.6 is 22.9 Å². The van der Waals surface area contributed by atoms with E-state index in [0.717, 1.165) is 39.9 Å². The minimum Gasteiger partial charge on any atom is -0.333 e. The summed E-state index contributed by atoms with van der Waals surface area (Å²) < 4.78 is 2.10. The van der Waals surface area contributed by atoms with Gasteiger partial charge in [0.2, 0.25) is 0 Å². The van der Waals surface area contributed by atoms with Gasteiger partial charge in [-0.15, -0.1) is 21.5 Å². The molecule has 0 atom stereocenters. The minimum absolute atomic E-state index is 0.0343. The Hall–Kier alpha value is -2.71. The number of benzene rings is 1. The van der Waals surface area contributed by atoms with Crippen LogP contribution in [-0.4, -0.2) is 43.5 Å². The number of nitrogens with one attached hydrogen (secondary N) is 1. The third-order valence-corrected chi connectivity index (χ3v) is 7.18. The van der Waals surface area contributed by atoms with Crippen molar-refractivity contribution >= 4 is 34.7 Å². The van der Waals surface area contributed by atoms with E-state index < -0.39 is 0 Å². The molecule has 2 aliphatic rings. The van der Waals surface area contributed by atoms with Gasteiger partial charge in [0.15, 0.2) is 5.82 Å². The van der Waals surface area contributed by atoms with Crippen LogP contribution in [0.15, 0.2) is 29.3 Å². The summed E-state index contributed by atoms with van der Waals surface area (Å²) in [5.74, 6) is 1.64. The van der Waals surface area contributed by atoms with Crippen LogP contribution in [-0.2, 0) is 19.5 Å². The summed E-state index contributed by atoms with van der Waals surface area (Å²) in [6.45, 7) is 9.62. The van der Waals surface area contributed by atoms with E-state index in [2.05, 4.69) is 20.1 Å². The Bertz CT molecular complexity index is 1250. The number of rotatable bonds is 1. The maximum atomic E-state index is 12.8. The number of halogens is 1. The van der Waals surface area contributed by atoms with Gasteiger partial charge in [0, 0.05) is 33.1 Å². The maximum absolute atomic E-state index is 12.8. The molecule has 166 valence electrons. The highest BCUT2D eigenvalue weighted by atomic mass is 35.5. The lowest BCUT2D eigenvalue weighted by Gasteiger charge is -2.31. The number of hydrogen-bond acceptors (Lipinski definition) is 5. The standard InChI is InChI=1S/C23H25ClN6OS/c1-13-27-28-18-11-25-20(14-7-5-6-8-16(14)24)19-15-9-10-29(22(31)26-23(2,3)4)12-17(15)32-21(19)30(13)18/h5-8H,9-12H2,1-4H3,(H,26,31). The van der Waals surface area contributed by atoms with Crippen LogP contribution < -0.4 is 5.32 Å². The van der Waals surface area contributed by atoms with Gasteiger partial charge in [-0.25, -0.2) is 4.79 Å². The molecule has 2 amide bonds. The number of nitrogens with zero attached hydrogens (tertiary/aromatic N) is 5. The largest absolute Gasteiger partial charge is 0.333 e. The maximum Gasteiger partial charge on any atom is 0.318 e. The molecule has 7 nitrogen and oxygen atoms in total. The average molecular weight is 469 g/mol. The van der Waals surface area contributed by atoms with Gasteiger partial charge in [-0.3, -0.25) is 9.56 Å². The van der Waals surface area contributed by atoms with Gasteiger partial charge < -0.3 is 10.2 Å². The van der Waals surface area contributed by atoms with E-state index in [4.69, 9.17) is 16.6 Å². The molecule has 5 rings (SSSR count). The van der Waals surface area contributed by atoms with Gasteiger partial charge in [-0.05, 0) is 45.7 Å². The summed E-state index contributed by atoms with van der Waals surface area (Å²) in [6.07, 6.45) is 0.763. The van der Waals surface area contributed by atoms with Crippen molar-refractivity contribution in [3.05, 3.63) is 62.5 Å². The normalized spacial score (nSPS) is 15.4. The van der Waals surface area contributed by atoms with Crippen molar-refractivity contribution in [1.29, 1.82) is 0 Å². The van der Waals surface area contributed by atoms with Crippen LogP contribution in [0, 0.1) is 6.92 Å². The van der Waals surface area contributed by atoms with Crippen LogP contribution in [0.1, 0.15) is 54.0 Å². The molecule has 3 aromatic rings. The Labute approximate surface area is 196 Å². The second-order valence-electron chi connectivity index (χ2n) is 9.18. The Morgan fingerprint density at radius 2 is 2.00 bits per heavy atom. The van der Waals surface area contributed by atoms with Crippen molar-refractivity contribution in [1.82, 2.24) is 25.0 Å². The number of thiophene rings is 1. The quantitative estimate of drug-likeness (QED) is 0.571. The Kier molecular flexibility index (Phi) is 5.09. The van der Waals surface area contributed by atoms with Crippen molar-refractivity contribution in [2.45, 2.75) is 52.7 Å². The summed E-state index contributed by atoms with van der Waals surface area (Å²) in [6, 6.07) is 7.79. The third kappa shape index (κ3) is 3.61. The van der Waals surface area contributed by atoms with Crippen molar-refractivity contribution in [2.24, 2.45) is 4.99 Å². The molecule has 0 bridgehead atoms. The molecule has 2 aliphatic heterocycles. The molecular formula is C23H25ClN6OS. The molecule has 2 aromatic heterocycles. The lowest BCUT2D eigenvalue weighted by atomic mass is 9.95. The second-order valence-corrected chi connectivity index (χ2v) is 10.7. The first-order valence-corrected chi connectivity index (χ1v) is 11.8. The van der Waals surface area contributed by atoms with Gasteiger partial charge in [-0.1, -0.05) is 29.8 Å². The van der Waals surface area contributed by atoms with Gasteiger partial charge in [0.25, 0.3) is 0 Å². The summed E-state index contributed by atoms with van der Waals surface area (Å²) in [5.41, 5.74) is 3.86. The molecule has 0 spiro atoms. The van der Waals surface area contributed by atoms with Crippen LogP contribution in [0.5, 0.6) is 0 Å². The van der Waals surface area contributed by atoms with Gasteiger partial charge >= 0.3 is 6.03 Å². The first-order chi connectivity index (χ1) is 15.2. The molecule has 0 unspecified atom stereocenters. The molecule has 4 heterocycles. The Balaban J connectivity index is 1.63. The van der Waals surface area contributed by atoms with E-state index in [1.54, 1.807) is 11.3 Å². The third-order valence-electron chi connectivity index (χ3n) is 5.65. The topological polar surface area (TPSA) is 75.4 Å². The lowest BCUT2D eigenvalue weighted by molar-refractivity contribution is 0.184. The van der Waals surface area contributed by atoms with Crippen molar-refractivity contribution < 1.29 is 4.79 Å².